The van der Waals surface area contributed by atoms with Crippen LogP contribution in [0.15, 0.2) is 30.5 Å². The van der Waals surface area contributed by atoms with E-state index in [9.17, 15) is 18.0 Å². The third-order valence-electron chi connectivity index (χ3n) is 3.79. The number of alkyl halides is 3. The number of thiazole rings is 1. The molecule has 116 valence electrons. The topological polar surface area (TPSA) is 42.0 Å². The van der Waals surface area contributed by atoms with Gasteiger partial charge in [-0.25, -0.2) is 4.98 Å². The first-order valence-corrected chi connectivity index (χ1v) is 7.54. The molecule has 1 aliphatic carbocycles. The van der Waals surface area contributed by atoms with Gasteiger partial charge in [-0.3, -0.25) is 4.79 Å². The van der Waals surface area contributed by atoms with E-state index >= 15 is 0 Å². The van der Waals surface area contributed by atoms with Gasteiger partial charge >= 0.3 is 6.18 Å². The van der Waals surface area contributed by atoms with Crippen LogP contribution in [0.4, 0.5) is 18.3 Å². The largest absolute Gasteiger partial charge is 0.416 e. The van der Waals surface area contributed by atoms with E-state index in [4.69, 9.17) is 0 Å². The molecular weight excluding hydrogens is 313 g/mol. The lowest BCUT2D eigenvalue weighted by molar-refractivity contribution is -0.137. The first-order valence-electron chi connectivity index (χ1n) is 6.73. The molecule has 1 amide bonds. The average Bonchev–Trinajstić information content (AvgIpc) is 3.17. The number of aromatic nitrogens is 1. The number of hydrogen-bond acceptors (Lipinski definition) is 3. The molecule has 3 nitrogen and oxygen atoms in total. The lowest BCUT2D eigenvalue weighted by Gasteiger charge is -2.15. The normalized spacial score (nSPS) is 16.4. The second-order valence-electron chi connectivity index (χ2n) is 5.39. The molecule has 2 aromatic rings. The van der Waals surface area contributed by atoms with Crippen LogP contribution in [0.5, 0.6) is 0 Å². The number of halogens is 3. The van der Waals surface area contributed by atoms with E-state index in [1.165, 1.54) is 23.5 Å². The fourth-order valence-electron chi connectivity index (χ4n) is 2.38. The monoisotopic (exact) mass is 326 g/mol. The van der Waals surface area contributed by atoms with Crippen LogP contribution in [0, 0.1) is 6.92 Å². The second kappa shape index (κ2) is 5.08. The summed E-state index contributed by atoms with van der Waals surface area (Å²) in [5, 5.41) is 3.27. The van der Waals surface area contributed by atoms with Crippen LogP contribution in [0.1, 0.15) is 28.8 Å². The molecule has 0 unspecified atom stereocenters. The number of aryl methyl sites for hydroxylation is 1. The van der Waals surface area contributed by atoms with Gasteiger partial charge in [-0.1, -0.05) is 12.1 Å². The Balaban J connectivity index is 1.79. The highest BCUT2D eigenvalue weighted by Crippen LogP contribution is 2.49. The molecule has 1 heterocycles. The van der Waals surface area contributed by atoms with Crippen molar-refractivity contribution in [1.82, 2.24) is 4.98 Å². The van der Waals surface area contributed by atoms with Gasteiger partial charge in [0.2, 0.25) is 5.91 Å². The smallest absolute Gasteiger partial charge is 0.301 e. The predicted molar refractivity (Wildman–Crippen MR) is 77.8 cm³/mol. The Kier molecular flexibility index (Phi) is 3.47. The van der Waals surface area contributed by atoms with Crippen molar-refractivity contribution in [2.75, 3.05) is 5.32 Å². The molecule has 1 aliphatic rings. The second-order valence-corrected chi connectivity index (χ2v) is 6.62. The van der Waals surface area contributed by atoms with E-state index in [1.807, 2.05) is 6.92 Å². The average molecular weight is 326 g/mol. The van der Waals surface area contributed by atoms with E-state index in [2.05, 4.69) is 10.3 Å². The Morgan fingerprint density at radius 2 is 1.91 bits per heavy atom. The first kappa shape index (κ1) is 15.0. The molecule has 1 fully saturated rings. The maximum atomic E-state index is 12.6. The van der Waals surface area contributed by atoms with Crippen molar-refractivity contribution >= 4 is 22.4 Å². The molecule has 1 saturated carbocycles. The van der Waals surface area contributed by atoms with Crippen LogP contribution < -0.4 is 5.32 Å². The van der Waals surface area contributed by atoms with Crippen LogP contribution in [0.25, 0.3) is 0 Å². The zero-order valence-corrected chi connectivity index (χ0v) is 12.5. The van der Waals surface area contributed by atoms with Crippen molar-refractivity contribution in [3.05, 3.63) is 46.5 Å². The van der Waals surface area contributed by atoms with Crippen molar-refractivity contribution < 1.29 is 18.0 Å². The number of carbonyl (C=O) groups excluding carboxylic acids is 1. The summed E-state index contributed by atoms with van der Waals surface area (Å²) in [6, 6.07) is 4.83. The van der Waals surface area contributed by atoms with Crippen LogP contribution in [-0.2, 0) is 16.4 Å². The van der Waals surface area contributed by atoms with Gasteiger partial charge in [0.15, 0.2) is 5.13 Å². The standard InChI is InChI=1S/C15H13F3N2OS/c1-9-8-19-13(22-9)20-12(21)14(6-7-14)10-2-4-11(5-3-10)15(16,17)18/h2-5,8H,6-7H2,1H3,(H,19,20,21). The van der Waals surface area contributed by atoms with Crippen LogP contribution in [-0.4, -0.2) is 10.9 Å². The molecule has 0 aliphatic heterocycles. The molecule has 1 aromatic heterocycles. The number of anilines is 1. The van der Waals surface area contributed by atoms with E-state index < -0.39 is 17.2 Å². The number of rotatable bonds is 3. The molecule has 0 atom stereocenters. The van der Waals surface area contributed by atoms with Gasteiger partial charge in [0.05, 0.1) is 11.0 Å². The molecule has 3 rings (SSSR count). The Labute approximate surface area is 129 Å². The molecule has 1 aromatic carbocycles. The van der Waals surface area contributed by atoms with E-state index in [-0.39, 0.29) is 5.91 Å². The van der Waals surface area contributed by atoms with Crippen LogP contribution in [0.2, 0.25) is 0 Å². The van der Waals surface area contributed by atoms with Crippen molar-refractivity contribution in [1.29, 1.82) is 0 Å². The number of amides is 1. The van der Waals surface area contributed by atoms with Crippen molar-refractivity contribution in [3.63, 3.8) is 0 Å². The summed E-state index contributed by atoms with van der Waals surface area (Å²) in [4.78, 5) is 17.5. The molecule has 0 radical (unpaired) electrons. The summed E-state index contributed by atoms with van der Waals surface area (Å²) in [6.45, 7) is 1.88. The molecule has 0 spiro atoms. The third-order valence-corrected chi connectivity index (χ3v) is 4.62. The van der Waals surface area contributed by atoms with Crippen molar-refractivity contribution in [2.45, 2.75) is 31.4 Å². The summed E-state index contributed by atoms with van der Waals surface area (Å²) in [5.41, 5.74) is -0.807. The van der Waals surface area contributed by atoms with E-state index in [0.29, 0.717) is 23.5 Å². The van der Waals surface area contributed by atoms with Gasteiger partial charge in [0, 0.05) is 11.1 Å². The number of benzene rings is 1. The quantitative estimate of drug-likeness (QED) is 0.921. The molecule has 0 bridgehead atoms. The minimum absolute atomic E-state index is 0.207. The summed E-state index contributed by atoms with van der Waals surface area (Å²) in [7, 11) is 0. The fraction of sp³-hybridized carbons (Fsp3) is 0.333. The molecule has 22 heavy (non-hydrogen) atoms. The Hall–Kier alpha value is -1.89. The van der Waals surface area contributed by atoms with Gasteiger partial charge in [0.25, 0.3) is 0 Å². The SMILES string of the molecule is Cc1cnc(NC(=O)C2(c3ccc(C(F)(F)F)cc3)CC2)s1. The highest BCUT2D eigenvalue weighted by Gasteiger charge is 2.51. The highest BCUT2D eigenvalue weighted by molar-refractivity contribution is 7.15. The third kappa shape index (κ3) is 2.72. The van der Waals surface area contributed by atoms with Gasteiger partial charge in [0.1, 0.15) is 0 Å². The molecule has 7 heteroatoms. The number of hydrogen-bond donors (Lipinski definition) is 1. The van der Waals surface area contributed by atoms with Crippen LogP contribution >= 0.6 is 11.3 Å². The molecular formula is C15H13F3N2OS. The molecule has 1 N–H and O–H groups in total. The lowest BCUT2D eigenvalue weighted by Crippen LogP contribution is -2.27. The fourth-order valence-corrected chi connectivity index (χ4v) is 3.04. The van der Waals surface area contributed by atoms with Gasteiger partial charge in [-0.15, -0.1) is 11.3 Å². The number of carbonyl (C=O) groups is 1. The predicted octanol–water partition coefficient (Wildman–Crippen LogP) is 4.14. The van der Waals surface area contributed by atoms with Crippen LogP contribution in [0.3, 0.4) is 0 Å². The van der Waals surface area contributed by atoms with Crippen molar-refractivity contribution in [3.8, 4) is 0 Å². The van der Waals surface area contributed by atoms with Gasteiger partial charge < -0.3 is 5.32 Å². The minimum Gasteiger partial charge on any atom is -0.301 e. The first-order chi connectivity index (χ1) is 10.3. The summed E-state index contributed by atoms with van der Waals surface area (Å²) in [5.74, 6) is -0.207. The maximum absolute atomic E-state index is 12.6. The Bertz CT molecular complexity index is 702. The molecule has 0 saturated heterocycles. The minimum atomic E-state index is -4.37. The van der Waals surface area contributed by atoms with E-state index in [0.717, 1.165) is 17.0 Å². The van der Waals surface area contributed by atoms with Crippen molar-refractivity contribution in [2.24, 2.45) is 0 Å². The maximum Gasteiger partial charge on any atom is 0.416 e. The Morgan fingerprint density at radius 1 is 1.27 bits per heavy atom. The summed E-state index contributed by atoms with van der Waals surface area (Å²) < 4.78 is 37.8. The van der Waals surface area contributed by atoms with Gasteiger partial charge in [-0.2, -0.15) is 13.2 Å². The lowest BCUT2D eigenvalue weighted by atomic mass is 9.94. The zero-order valence-electron chi connectivity index (χ0n) is 11.7. The summed E-state index contributed by atoms with van der Waals surface area (Å²) >= 11 is 1.37. The zero-order chi connectivity index (χ0) is 16.0. The number of nitrogens with one attached hydrogen (secondary N) is 1. The highest BCUT2D eigenvalue weighted by atomic mass is 32.1. The Morgan fingerprint density at radius 3 is 2.36 bits per heavy atom. The number of nitrogens with zero attached hydrogens (tertiary/aromatic N) is 1. The van der Waals surface area contributed by atoms with E-state index in [1.54, 1.807) is 6.20 Å². The summed E-state index contributed by atoms with van der Waals surface area (Å²) in [6.07, 6.45) is -1.43. The van der Waals surface area contributed by atoms with Gasteiger partial charge in [-0.05, 0) is 37.5 Å².